The third-order valence-electron chi connectivity index (χ3n) is 3.89. The number of aromatic nitrogens is 2. The number of rotatable bonds is 6. The van der Waals surface area contributed by atoms with Gasteiger partial charge >= 0.3 is 0 Å². The summed E-state index contributed by atoms with van der Waals surface area (Å²) < 4.78 is 1.42. The lowest BCUT2D eigenvalue weighted by Crippen LogP contribution is -2.48. The van der Waals surface area contributed by atoms with Crippen LogP contribution in [-0.2, 0) is 16.1 Å². The summed E-state index contributed by atoms with van der Waals surface area (Å²) in [5.41, 5.74) is 5.37. The van der Waals surface area contributed by atoms with Crippen molar-refractivity contribution in [1.82, 2.24) is 15.1 Å². The molecule has 116 valence electrons. The van der Waals surface area contributed by atoms with Gasteiger partial charge in [-0.15, -0.1) is 0 Å². The molecule has 0 bridgehead atoms. The Labute approximate surface area is 124 Å². The van der Waals surface area contributed by atoms with E-state index in [-0.39, 0.29) is 17.9 Å². The Bertz CT molecular complexity index is 500. The summed E-state index contributed by atoms with van der Waals surface area (Å²) in [6.07, 6.45) is 6.90. The number of nitrogens with one attached hydrogen (secondary N) is 2. The quantitative estimate of drug-likeness (QED) is 0.709. The zero-order chi connectivity index (χ0) is 15.3. The SMILES string of the molecule is CCCC1(C(=O)Nc2cnn(CC(N)=O)c2)CCCNC1. The van der Waals surface area contributed by atoms with Gasteiger partial charge in [0.1, 0.15) is 6.54 Å². The van der Waals surface area contributed by atoms with Gasteiger partial charge < -0.3 is 16.4 Å². The first-order chi connectivity index (χ1) is 10.1. The number of hydrogen-bond donors (Lipinski definition) is 3. The monoisotopic (exact) mass is 293 g/mol. The van der Waals surface area contributed by atoms with Crippen molar-refractivity contribution in [1.29, 1.82) is 0 Å². The number of amides is 2. The van der Waals surface area contributed by atoms with E-state index < -0.39 is 5.91 Å². The minimum absolute atomic E-state index is 0.0114. The van der Waals surface area contributed by atoms with E-state index in [1.807, 2.05) is 0 Å². The zero-order valence-electron chi connectivity index (χ0n) is 12.4. The topological polar surface area (TPSA) is 102 Å². The Morgan fingerprint density at radius 3 is 3.00 bits per heavy atom. The van der Waals surface area contributed by atoms with Crippen molar-refractivity contribution in [3.8, 4) is 0 Å². The molecule has 2 amide bonds. The fourth-order valence-electron chi connectivity index (χ4n) is 2.91. The van der Waals surface area contributed by atoms with Crippen LogP contribution in [0.15, 0.2) is 12.4 Å². The first kappa shape index (κ1) is 15.5. The second-order valence-corrected chi connectivity index (χ2v) is 5.66. The predicted octanol–water partition coefficient (Wildman–Crippen LogP) is 0.477. The van der Waals surface area contributed by atoms with Gasteiger partial charge in [0.25, 0.3) is 0 Å². The van der Waals surface area contributed by atoms with E-state index in [9.17, 15) is 9.59 Å². The van der Waals surface area contributed by atoms with Crippen molar-refractivity contribution >= 4 is 17.5 Å². The number of nitrogens with zero attached hydrogens (tertiary/aromatic N) is 2. The molecular weight excluding hydrogens is 270 g/mol. The number of anilines is 1. The Morgan fingerprint density at radius 1 is 1.57 bits per heavy atom. The lowest BCUT2D eigenvalue weighted by Gasteiger charge is -2.36. The molecule has 0 saturated carbocycles. The molecule has 0 spiro atoms. The minimum atomic E-state index is -0.463. The summed E-state index contributed by atoms with van der Waals surface area (Å²) in [5.74, 6) is -0.440. The number of carbonyl (C=O) groups is 2. The van der Waals surface area contributed by atoms with Gasteiger partial charge in [-0.1, -0.05) is 13.3 Å². The molecule has 7 nitrogen and oxygen atoms in total. The number of hydrogen-bond acceptors (Lipinski definition) is 4. The third-order valence-corrected chi connectivity index (χ3v) is 3.89. The van der Waals surface area contributed by atoms with Crippen LogP contribution in [0.25, 0.3) is 0 Å². The van der Waals surface area contributed by atoms with Crippen LogP contribution in [0.2, 0.25) is 0 Å². The van der Waals surface area contributed by atoms with Crippen molar-refractivity contribution in [2.45, 2.75) is 39.2 Å². The number of carbonyl (C=O) groups excluding carboxylic acids is 2. The van der Waals surface area contributed by atoms with Crippen molar-refractivity contribution < 1.29 is 9.59 Å². The van der Waals surface area contributed by atoms with Crippen LogP contribution in [0.5, 0.6) is 0 Å². The molecule has 21 heavy (non-hydrogen) atoms. The summed E-state index contributed by atoms with van der Waals surface area (Å²) in [4.78, 5) is 23.5. The largest absolute Gasteiger partial charge is 0.368 e. The average molecular weight is 293 g/mol. The molecule has 4 N–H and O–H groups in total. The van der Waals surface area contributed by atoms with E-state index in [0.717, 1.165) is 32.2 Å². The number of primary amides is 1. The summed E-state index contributed by atoms with van der Waals surface area (Å²) in [5, 5.41) is 10.2. The van der Waals surface area contributed by atoms with Crippen LogP contribution < -0.4 is 16.4 Å². The molecule has 1 saturated heterocycles. The van der Waals surface area contributed by atoms with Crippen molar-refractivity contribution in [2.24, 2.45) is 11.1 Å². The number of piperidine rings is 1. The fourth-order valence-corrected chi connectivity index (χ4v) is 2.91. The van der Waals surface area contributed by atoms with Gasteiger partial charge in [0.15, 0.2) is 0 Å². The summed E-state index contributed by atoms with van der Waals surface area (Å²) in [7, 11) is 0. The van der Waals surface area contributed by atoms with Crippen LogP contribution in [0, 0.1) is 5.41 Å². The van der Waals surface area contributed by atoms with E-state index in [2.05, 4.69) is 22.7 Å². The molecule has 1 unspecified atom stereocenters. The Balaban J connectivity index is 2.04. The van der Waals surface area contributed by atoms with Crippen LogP contribution in [0.4, 0.5) is 5.69 Å². The maximum atomic E-state index is 12.6. The van der Waals surface area contributed by atoms with Gasteiger partial charge in [0.2, 0.25) is 11.8 Å². The summed E-state index contributed by atoms with van der Waals surface area (Å²) >= 11 is 0. The fraction of sp³-hybridized carbons (Fsp3) is 0.643. The smallest absolute Gasteiger partial charge is 0.239 e. The Hall–Kier alpha value is -1.89. The number of nitrogens with two attached hydrogens (primary N) is 1. The molecule has 1 atom stereocenters. The van der Waals surface area contributed by atoms with E-state index >= 15 is 0 Å². The highest BCUT2D eigenvalue weighted by atomic mass is 16.2. The maximum Gasteiger partial charge on any atom is 0.239 e. The molecule has 0 aromatic carbocycles. The molecule has 1 aromatic heterocycles. The van der Waals surface area contributed by atoms with Crippen molar-refractivity contribution in [3.63, 3.8) is 0 Å². The first-order valence-electron chi connectivity index (χ1n) is 7.39. The maximum absolute atomic E-state index is 12.6. The Morgan fingerprint density at radius 2 is 2.38 bits per heavy atom. The van der Waals surface area contributed by atoms with Crippen LogP contribution in [0.3, 0.4) is 0 Å². The predicted molar refractivity (Wildman–Crippen MR) is 79.5 cm³/mol. The van der Waals surface area contributed by atoms with E-state index in [4.69, 9.17) is 5.73 Å². The van der Waals surface area contributed by atoms with Gasteiger partial charge in [-0.05, 0) is 25.8 Å². The van der Waals surface area contributed by atoms with Crippen LogP contribution in [-0.4, -0.2) is 34.7 Å². The zero-order valence-corrected chi connectivity index (χ0v) is 12.4. The van der Waals surface area contributed by atoms with Gasteiger partial charge in [0.05, 0.1) is 17.3 Å². The van der Waals surface area contributed by atoms with Crippen LogP contribution >= 0.6 is 0 Å². The Kier molecular flexibility index (Phi) is 4.95. The molecule has 1 aromatic rings. The molecule has 2 heterocycles. The van der Waals surface area contributed by atoms with E-state index in [1.54, 1.807) is 6.20 Å². The first-order valence-corrected chi connectivity index (χ1v) is 7.39. The highest BCUT2D eigenvalue weighted by Gasteiger charge is 2.38. The van der Waals surface area contributed by atoms with Crippen molar-refractivity contribution in [2.75, 3.05) is 18.4 Å². The lowest BCUT2D eigenvalue weighted by molar-refractivity contribution is -0.127. The molecule has 0 aliphatic carbocycles. The van der Waals surface area contributed by atoms with Gasteiger partial charge in [0, 0.05) is 12.7 Å². The molecule has 1 aliphatic rings. The second kappa shape index (κ2) is 6.71. The van der Waals surface area contributed by atoms with Gasteiger partial charge in [-0.3, -0.25) is 14.3 Å². The molecule has 1 aliphatic heterocycles. The lowest BCUT2D eigenvalue weighted by atomic mass is 9.76. The molecule has 0 radical (unpaired) electrons. The second-order valence-electron chi connectivity index (χ2n) is 5.66. The van der Waals surface area contributed by atoms with Crippen molar-refractivity contribution in [3.05, 3.63) is 12.4 Å². The van der Waals surface area contributed by atoms with E-state index in [0.29, 0.717) is 12.2 Å². The highest BCUT2D eigenvalue weighted by molar-refractivity contribution is 5.95. The molecule has 7 heteroatoms. The molecule has 2 rings (SSSR count). The summed E-state index contributed by atoms with van der Waals surface area (Å²) in [6, 6.07) is 0. The normalized spacial score (nSPS) is 22.0. The molecular formula is C14H23N5O2. The standard InChI is InChI=1S/C14H23N5O2/c1-2-4-14(5-3-6-16-10-14)13(21)18-11-7-17-19(8-11)9-12(15)20/h7-8,16H,2-6,9-10H2,1H3,(H2,15,20)(H,18,21). The minimum Gasteiger partial charge on any atom is -0.368 e. The third kappa shape index (κ3) is 3.81. The highest BCUT2D eigenvalue weighted by Crippen LogP contribution is 2.33. The molecule has 1 fully saturated rings. The summed E-state index contributed by atoms with van der Waals surface area (Å²) in [6.45, 7) is 3.78. The van der Waals surface area contributed by atoms with Gasteiger partial charge in [-0.2, -0.15) is 5.10 Å². The average Bonchev–Trinajstić information content (AvgIpc) is 2.86. The van der Waals surface area contributed by atoms with Crippen LogP contribution in [0.1, 0.15) is 32.6 Å². The van der Waals surface area contributed by atoms with E-state index in [1.165, 1.54) is 10.9 Å². The van der Waals surface area contributed by atoms with Gasteiger partial charge in [-0.25, -0.2) is 0 Å².